The van der Waals surface area contributed by atoms with E-state index in [0.717, 1.165) is 16.7 Å². The van der Waals surface area contributed by atoms with Gasteiger partial charge >= 0.3 is 0 Å². The number of amidine groups is 1. The lowest BCUT2D eigenvalue weighted by atomic mass is 10.0. The van der Waals surface area contributed by atoms with Crippen LogP contribution in [-0.4, -0.2) is 43.1 Å². The number of nitrogen functional groups attached to an aromatic ring is 1. The molecular formula is C35H40N6O4S. The lowest BCUT2D eigenvalue weighted by Gasteiger charge is -2.23. The van der Waals surface area contributed by atoms with Crippen molar-refractivity contribution in [3.8, 4) is 0 Å². The Morgan fingerprint density at radius 2 is 1.33 bits per heavy atom. The first-order valence-corrected chi connectivity index (χ1v) is 16.8. The normalized spacial score (nSPS) is 12.5. The number of nitrogens with zero attached hydrogens (tertiary/aromatic N) is 1. The smallest absolute Gasteiger partial charge is 0.242 e. The van der Waals surface area contributed by atoms with E-state index in [-0.39, 0.29) is 30.5 Å². The first kappa shape index (κ1) is 34.0. The van der Waals surface area contributed by atoms with Gasteiger partial charge in [-0.25, -0.2) is 13.1 Å². The highest BCUT2D eigenvalue weighted by molar-refractivity contribution is 7.88. The van der Waals surface area contributed by atoms with Gasteiger partial charge in [-0.05, 0) is 66.5 Å². The minimum absolute atomic E-state index is 0.0472. The van der Waals surface area contributed by atoms with Crippen LogP contribution in [0.4, 0.5) is 0 Å². The molecule has 2 atom stereocenters. The number of hydrogen-bond acceptors (Lipinski definition) is 6. The van der Waals surface area contributed by atoms with Crippen LogP contribution in [0.3, 0.4) is 0 Å². The Balaban J connectivity index is 1.48. The molecule has 0 aliphatic rings. The van der Waals surface area contributed by atoms with Gasteiger partial charge in [0.1, 0.15) is 17.9 Å². The van der Waals surface area contributed by atoms with Crippen LogP contribution in [-0.2, 0) is 44.8 Å². The second-order valence-corrected chi connectivity index (χ2v) is 12.8. The number of amides is 2. The number of aromatic nitrogens is 1. The van der Waals surface area contributed by atoms with Crippen LogP contribution in [0.5, 0.6) is 0 Å². The van der Waals surface area contributed by atoms with E-state index in [9.17, 15) is 18.0 Å². The maximum absolute atomic E-state index is 13.8. The Labute approximate surface area is 270 Å². The molecule has 0 saturated carbocycles. The summed E-state index contributed by atoms with van der Waals surface area (Å²) in [6.07, 6.45) is 5.62. The monoisotopic (exact) mass is 640 g/mol. The van der Waals surface area contributed by atoms with Gasteiger partial charge in [0.05, 0.1) is 5.75 Å². The third-order valence-electron chi connectivity index (χ3n) is 7.47. The summed E-state index contributed by atoms with van der Waals surface area (Å²) in [6, 6.07) is 27.1. The van der Waals surface area contributed by atoms with Crippen molar-refractivity contribution in [1.29, 1.82) is 5.41 Å². The molecule has 2 unspecified atom stereocenters. The zero-order chi connectivity index (χ0) is 32.8. The molecule has 6 N–H and O–H groups in total. The van der Waals surface area contributed by atoms with Gasteiger partial charge in [-0.15, -0.1) is 0 Å². The number of benzene rings is 3. The fourth-order valence-electron chi connectivity index (χ4n) is 4.97. The fourth-order valence-corrected chi connectivity index (χ4v) is 6.34. The average molecular weight is 641 g/mol. The Morgan fingerprint density at radius 1 is 0.717 bits per heavy atom. The second kappa shape index (κ2) is 17.0. The third kappa shape index (κ3) is 11.2. The van der Waals surface area contributed by atoms with Gasteiger partial charge in [0.2, 0.25) is 21.8 Å². The lowest BCUT2D eigenvalue weighted by Crippen LogP contribution is -2.53. The Morgan fingerprint density at radius 3 is 1.96 bits per heavy atom. The van der Waals surface area contributed by atoms with E-state index < -0.39 is 28.0 Å². The number of rotatable bonds is 17. The van der Waals surface area contributed by atoms with Crippen LogP contribution in [0.2, 0.25) is 0 Å². The molecule has 0 spiro atoms. The highest BCUT2D eigenvalue weighted by Crippen LogP contribution is 2.12. The zero-order valence-corrected chi connectivity index (χ0v) is 26.4. The van der Waals surface area contributed by atoms with Crippen LogP contribution in [0, 0.1) is 5.41 Å². The van der Waals surface area contributed by atoms with E-state index in [1.165, 1.54) is 0 Å². The summed E-state index contributed by atoms with van der Waals surface area (Å²) >= 11 is 0. The average Bonchev–Trinajstić information content (AvgIpc) is 3.06. The SMILES string of the molecule is N=C(N)c1ccc(CNC(=O)C(CCc2ccccc2)NC(=O)C(CCCc2ccncc2)NS(=O)(=O)Cc2ccccc2)cc1. The van der Waals surface area contributed by atoms with Crippen LogP contribution >= 0.6 is 0 Å². The van der Waals surface area contributed by atoms with Crippen molar-refractivity contribution in [1.82, 2.24) is 20.3 Å². The van der Waals surface area contributed by atoms with Crippen LogP contribution in [0.15, 0.2) is 109 Å². The van der Waals surface area contributed by atoms with Crippen molar-refractivity contribution in [3.05, 3.63) is 137 Å². The molecule has 4 aromatic rings. The van der Waals surface area contributed by atoms with Crippen LogP contribution < -0.4 is 21.1 Å². The van der Waals surface area contributed by atoms with Gasteiger partial charge < -0.3 is 16.4 Å². The van der Waals surface area contributed by atoms with Gasteiger partial charge in [-0.3, -0.25) is 20.0 Å². The lowest BCUT2D eigenvalue weighted by molar-refractivity contribution is -0.130. The van der Waals surface area contributed by atoms with Gasteiger partial charge in [-0.1, -0.05) is 84.9 Å². The van der Waals surface area contributed by atoms with E-state index in [1.807, 2.05) is 42.5 Å². The van der Waals surface area contributed by atoms with Crippen molar-refractivity contribution in [3.63, 3.8) is 0 Å². The molecule has 11 heteroatoms. The van der Waals surface area contributed by atoms with E-state index in [1.54, 1.807) is 67.0 Å². The molecule has 10 nitrogen and oxygen atoms in total. The fraction of sp³-hybridized carbons (Fsp3) is 0.257. The summed E-state index contributed by atoms with van der Waals surface area (Å²) in [5, 5.41) is 13.3. The Kier molecular flexibility index (Phi) is 12.6. The van der Waals surface area contributed by atoms with Gasteiger partial charge in [0, 0.05) is 24.5 Å². The quantitative estimate of drug-likeness (QED) is 0.0873. The molecule has 4 rings (SSSR count). The van der Waals surface area contributed by atoms with E-state index in [2.05, 4.69) is 20.3 Å². The zero-order valence-electron chi connectivity index (χ0n) is 25.6. The molecule has 0 fully saturated rings. The first-order valence-electron chi connectivity index (χ1n) is 15.2. The predicted octanol–water partition coefficient (Wildman–Crippen LogP) is 3.61. The Bertz CT molecular complexity index is 1670. The number of carbonyl (C=O) groups is 2. The molecule has 46 heavy (non-hydrogen) atoms. The number of nitrogens with one attached hydrogen (secondary N) is 4. The summed E-state index contributed by atoms with van der Waals surface area (Å²) < 4.78 is 29.0. The molecule has 0 bridgehead atoms. The predicted molar refractivity (Wildman–Crippen MR) is 179 cm³/mol. The highest BCUT2D eigenvalue weighted by atomic mass is 32.2. The third-order valence-corrected chi connectivity index (χ3v) is 8.83. The number of carbonyl (C=O) groups excluding carboxylic acids is 2. The standard InChI is InChI=1S/C35H40N6O4S/c36-33(37)30-17-14-28(15-18-30)24-39-34(42)31(19-16-26-8-3-1-4-9-26)40-35(43)32(13-7-12-27-20-22-38-23-21-27)41-46(44,45)25-29-10-5-2-6-11-29/h1-6,8-11,14-15,17-18,20-23,31-32,41H,7,12-13,16,19,24-25H2,(H3,36,37)(H,39,42)(H,40,43). The van der Waals surface area contributed by atoms with E-state index >= 15 is 0 Å². The molecule has 1 heterocycles. The molecule has 0 radical (unpaired) electrons. The minimum Gasteiger partial charge on any atom is -0.384 e. The summed E-state index contributed by atoms with van der Waals surface area (Å²) in [7, 11) is -3.89. The summed E-state index contributed by atoms with van der Waals surface area (Å²) in [6.45, 7) is 0.202. The number of pyridine rings is 1. The van der Waals surface area contributed by atoms with Crippen LogP contribution in [0.25, 0.3) is 0 Å². The number of aryl methyl sites for hydroxylation is 2. The molecule has 240 valence electrons. The maximum atomic E-state index is 13.8. The van der Waals surface area contributed by atoms with Crippen molar-refractivity contribution in [2.24, 2.45) is 5.73 Å². The largest absolute Gasteiger partial charge is 0.384 e. The molecule has 3 aromatic carbocycles. The van der Waals surface area contributed by atoms with Crippen molar-refractivity contribution < 1.29 is 18.0 Å². The molecule has 2 amide bonds. The van der Waals surface area contributed by atoms with Crippen molar-refractivity contribution in [2.75, 3.05) is 0 Å². The number of sulfonamides is 1. The summed E-state index contributed by atoms with van der Waals surface area (Å²) in [5.41, 5.74) is 9.55. The Hall–Kier alpha value is -4.87. The molecule has 0 aliphatic carbocycles. The summed E-state index contributed by atoms with van der Waals surface area (Å²) in [5.74, 6) is -1.27. The summed E-state index contributed by atoms with van der Waals surface area (Å²) in [4.78, 5) is 31.3. The first-order chi connectivity index (χ1) is 22.2. The highest BCUT2D eigenvalue weighted by Gasteiger charge is 2.28. The minimum atomic E-state index is -3.89. The molecule has 0 aliphatic heterocycles. The molecule has 0 saturated heterocycles. The maximum Gasteiger partial charge on any atom is 0.242 e. The van der Waals surface area contributed by atoms with Crippen LogP contribution in [0.1, 0.15) is 47.1 Å². The van der Waals surface area contributed by atoms with Gasteiger partial charge in [-0.2, -0.15) is 0 Å². The number of hydrogen-bond donors (Lipinski definition) is 5. The van der Waals surface area contributed by atoms with Gasteiger partial charge in [0.15, 0.2) is 0 Å². The van der Waals surface area contributed by atoms with Crippen molar-refractivity contribution in [2.45, 2.75) is 56.5 Å². The number of nitrogens with two attached hydrogens (primary N) is 1. The van der Waals surface area contributed by atoms with E-state index in [0.29, 0.717) is 36.8 Å². The second-order valence-electron chi connectivity index (χ2n) is 11.1. The van der Waals surface area contributed by atoms with Gasteiger partial charge in [0.25, 0.3) is 0 Å². The molecule has 1 aromatic heterocycles. The van der Waals surface area contributed by atoms with E-state index in [4.69, 9.17) is 11.1 Å². The molecular weight excluding hydrogens is 600 g/mol. The topological polar surface area (TPSA) is 167 Å². The van der Waals surface area contributed by atoms with Crippen molar-refractivity contribution >= 4 is 27.7 Å².